The Hall–Kier alpha value is -1.42. The number of likely N-dealkylation sites (N-methyl/N-ethyl adjacent to an activating group) is 1. The minimum Gasteiger partial charge on any atom is -0.496 e. The summed E-state index contributed by atoms with van der Waals surface area (Å²) in [5, 5.41) is 3.48. The van der Waals surface area contributed by atoms with Crippen LogP contribution >= 0.6 is 11.6 Å². The summed E-state index contributed by atoms with van der Waals surface area (Å²) >= 11 is 6.13. The van der Waals surface area contributed by atoms with Gasteiger partial charge in [0.1, 0.15) is 5.75 Å². The van der Waals surface area contributed by atoms with E-state index in [0.717, 1.165) is 16.9 Å². The van der Waals surface area contributed by atoms with Crippen LogP contribution in [0.3, 0.4) is 0 Å². The van der Waals surface area contributed by atoms with Gasteiger partial charge in [0.05, 0.1) is 13.2 Å². The van der Waals surface area contributed by atoms with Gasteiger partial charge in [-0.25, -0.2) is 4.79 Å². The van der Waals surface area contributed by atoms with Crippen molar-refractivity contribution in [1.82, 2.24) is 10.2 Å². The molecule has 1 unspecified atom stereocenters. The maximum absolute atomic E-state index is 11.5. The molecular weight excluding hydrogens is 240 g/mol. The SMILES string of the molecule is COc1cc(C)c(Cl)cc1C1CNC(=O)N1C. The van der Waals surface area contributed by atoms with E-state index in [0.29, 0.717) is 11.6 Å². The number of urea groups is 1. The Labute approximate surface area is 106 Å². The first-order chi connectivity index (χ1) is 8.04. The van der Waals surface area contributed by atoms with Crippen molar-refractivity contribution in [3.63, 3.8) is 0 Å². The number of hydrogen-bond donors (Lipinski definition) is 1. The lowest BCUT2D eigenvalue weighted by Crippen LogP contribution is -2.25. The van der Waals surface area contributed by atoms with Crippen molar-refractivity contribution in [2.45, 2.75) is 13.0 Å². The van der Waals surface area contributed by atoms with Crippen LogP contribution in [0.25, 0.3) is 0 Å². The molecule has 2 amide bonds. The standard InChI is InChI=1S/C12H15ClN2O2/c1-7-4-11(17-3)8(5-9(7)13)10-6-14-12(16)15(10)2/h4-5,10H,6H2,1-3H3,(H,14,16). The molecule has 4 nitrogen and oxygen atoms in total. The summed E-state index contributed by atoms with van der Waals surface area (Å²) in [4.78, 5) is 13.1. The van der Waals surface area contributed by atoms with Gasteiger partial charge in [-0.1, -0.05) is 11.6 Å². The van der Waals surface area contributed by atoms with E-state index in [1.54, 1.807) is 19.1 Å². The van der Waals surface area contributed by atoms with Gasteiger partial charge in [-0.05, 0) is 24.6 Å². The van der Waals surface area contributed by atoms with E-state index >= 15 is 0 Å². The van der Waals surface area contributed by atoms with Gasteiger partial charge in [-0.2, -0.15) is 0 Å². The van der Waals surface area contributed by atoms with Gasteiger partial charge in [-0.15, -0.1) is 0 Å². The highest BCUT2D eigenvalue weighted by molar-refractivity contribution is 6.31. The highest BCUT2D eigenvalue weighted by atomic mass is 35.5. The number of rotatable bonds is 2. The molecule has 1 aromatic carbocycles. The van der Waals surface area contributed by atoms with Crippen LogP contribution in [0.4, 0.5) is 4.79 Å². The summed E-state index contributed by atoms with van der Waals surface area (Å²) < 4.78 is 5.35. The molecular formula is C12H15ClN2O2. The number of ether oxygens (including phenoxy) is 1. The van der Waals surface area contributed by atoms with Crippen molar-refractivity contribution in [2.24, 2.45) is 0 Å². The highest BCUT2D eigenvalue weighted by Crippen LogP contribution is 2.34. The van der Waals surface area contributed by atoms with Gasteiger partial charge in [0, 0.05) is 24.2 Å². The zero-order chi connectivity index (χ0) is 12.6. The topological polar surface area (TPSA) is 41.6 Å². The molecule has 0 bridgehead atoms. The number of amides is 2. The summed E-state index contributed by atoms with van der Waals surface area (Å²) in [5.74, 6) is 0.764. The zero-order valence-electron chi connectivity index (χ0n) is 10.1. The van der Waals surface area contributed by atoms with Crippen molar-refractivity contribution >= 4 is 17.6 Å². The molecule has 0 aromatic heterocycles. The van der Waals surface area contributed by atoms with Crippen LogP contribution in [-0.2, 0) is 0 Å². The third-order valence-electron chi connectivity index (χ3n) is 3.10. The third kappa shape index (κ3) is 2.05. The van der Waals surface area contributed by atoms with Gasteiger partial charge in [0.15, 0.2) is 0 Å². The summed E-state index contributed by atoms with van der Waals surface area (Å²) in [6.07, 6.45) is 0. The second kappa shape index (κ2) is 4.45. The molecule has 0 saturated carbocycles. The lowest BCUT2D eigenvalue weighted by atomic mass is 10.0. The van der Waals surface area contributed by atoms with E-state index in [1.807, 2.05) is 19.1 Å². The molecule has 1 saturated heterocycles. The Kier molecular flexibility index (Phi) is 3.15. The maximum Gasteiger partial charge on any atom is 0.317 e. The van der Waals surface area contributed by atoms with Gasteiger partial charge in [0.25, 0.3) is 0 Å². The van der Waals surface area contributed by atoms with E-state index in [2.05, 4.69) is 5.32 Å². The monoisotopic (exact) mass is 254 g/mol. The average molecular weight is 255 g/mol. The molecule has 5 heteroatoms. The Balaban J connectivity index is 2.44. The summed E-state index contributed by atoms with van der Waals surface area (Å²) in [5.41, 5.74) is 1.90. The molecule has 1 aliphatic rings. The van der Waals surface area contributed by atoms with E-state index < -0.39 is 0 Å². The second-order valence-electron chi connectivity index (χ2n) is 4.16. The average Bonchev–Trinajstić information content (AvgIpc) is 2.63. The molecule has 0 spiro atoms. The molecule has 2 rings (SSSR count). The molecule has 0 radical (unpaired) electrons. The summed E-state index contributed by atoms with van der Waals surface area (Å²) in [6.45, 7) is 2.50. The number of carbonyl (C=O) groups excluding carboxylic acids is 1. The minimum absolute atomic E-state index is 0.0319. The normalized spacial score (nSPS) is 19.4. The molecule has 17 heavy (non-hydrogen) atoms. The van der Waals surface area contributed by atoms with Gasteiger partial charge >= 0.3 is 6.03 Å². The van der Waals surface area contributed by atoms with Crippen LogP contribution in [-0.4, -0.2) is 31.6 Å². The van der Waals surface area contributed by atoms with Crippen molar-refractivity contribution in [3.8, 4) is 5.75 Å². The Morgan fingerprint density at radius 1 is 1.53 bits per heavy atom. The van der Waals surface area contributed by atoms with Crippen molar-refractivity contribution in [1.29, 1.82) is 0 Å². The number of nitrogens with zero attached hydrogens (tertiary/aromatic N) is 1. The predicted octanol–water partition coefficient (Wildman–Crippen LogP) is 2.35. The Bertz CT molecular complexity index is 462. The first kappa shape index (κ1) is 12.0. The summed E-state index contributed by atoms with van der Waals surface area (Å²) in [6, 6.07) is 3.66. The molecule has 1 atom stereocenters. The molecule has 92 valence electrons. The number of nitrogens with one attached hydrogen (secondary N) is 1. The third-order valence-corrected chi connectivity index (χ3v) is 3.51. The second-order valence-corrected chi connectivity index (χ2v) is 4.56. The molecule has 1 aliphatic heterocycles. The van der Waals surface area contributed by atoms with Crippen molar-refractivity contribution < 1.29 is 9.53 Å². The van der Waals surface area contributed by atoms with Crippen LogP contribution in [0.5, 0.6) is 5.75 Å². The first-order valence-corrected chi connectivity index (χ1v) is 5.77. The summed E-state index contributed by atoms with van der Waals surface area (Å²) in [7, 11) is 3.39. The maximum atomic E-state index is 11.5. The molecule has 1 heterocycles. The van der Waals surface area contributed by atoms with Crippen LogP contribution in [0.2, 0.25) is 5.02 Å². The molecule has 1 aromatic rings. The molecule has 0 aliphatic carbocycles. The number of halogens is 1. The number of methoxy groups -OCH3 is 1. The van der Waals surface area contributed by atoms with Gasteiger partial charge in [-0.3, -0.25) is 0 Å². The fourth-order valence-corrected chi connectivity index (χ4v) is 2.19. The van der Waals surface area contributed by atoms with Gasteiger partial charge < -0.3 is 15.0 Å². The first-order valence-electron chi connectivity index (χ1n) is 5.39. The molecule has 1 N–H and O–H groups in total. The highest BCUT2D eigenvalue weighted by Gasteiger charge is 2.30. The minimum atomic E-state index is -0.0752. The number of hydrogen-bond acceptors (Lipinski definition) is 2. The quantitative estimate of drug-likeness (QED) is 0.880. The van der Waals surface area contributed by atoms with E-state index in [9.17, 15) is 4.79 Å². The fraction of sp³-hybridized carbons (Fsp3) is 0.417. The Morgan fingerprint density at radius 3 is 2.76 bits per heavy atom. The van der Waals surface area contributed by atoms with E-state index in [-0.39, 0.29) is 12.1 Å². The van der Waals surface area contributed by atoms with E-state index in [1.165, 1.54) is 0 Å². The largest absolute Gasteiger partial charge is 0.496 e. The number of carbonyl (C=O) groups is 1. The van der Waals surface area contributed by atoms with Gasteiger partial charge in [0.2, 0.25) is 0 Å². The molecule has 1 fully saturated rings. The smallest absolute Gasteiger partial charge is 0.317 e. The predicted molar refractivity (Wildman–Crippen MR) is 66.6 cm³/mol. The van der Waals surface area contributed by atoms with Crippen molar-refractivity contribution in [3.05, 3.63) is 28.3 Å². The number of aryl methyl sites for hydroxylation is 1. The number of benzene rings is 1. The van der Waals surface area contributed by atoms with Crippen LogP contribution in [0.1, 0.15) is 17.2 Å². The lowest BCUT2D eigenvalue weighted by molar-refractivity contribution is 0.216. The van der Waals surface area contributed by atoms with E-state index in [4.69, 9.17) is 16.3 Å². The Morgan fingerprint density at radius 2 is 2.24 bits per heavy atom. The zero-order valence-corrected chi connectivity index (χ0v) is 10.8. The fourth-order valence-electron chi connectivity index (χ4n) is 2.01. The lowest BCUT2D eigenvalue weighted by Gasteiger charge is -2.21. The van der Waals surface area contributed by atoms with Crippen molar-refractivity contribution in [2.75, 3.05) is 20.7 Å². The van der Waals surface area contributed by atoms with Crippen LogP contribution in [0.15, 0.2) is 12.1 Å². The van der Waals surface area contributed by atoms with Crippen LogP contribution < -0.4 is 10.1 Å². The van der Waals surface area contributed by atoms with Crippen LogP contribution in [0, 0.1) is 6.92 Å².